The maximum absolute atomic E-state index is 11.2. The van der Waals surface area contributed by atoms with Crippen molar-refractivity contribution in [1.29, 1.82) is 0 Å². The number of para-hydroxylation sites is 1. The van der Waals surface area contributed by atoms with Gasteiger partial charge < -0.3 is 9.15 Å². The van der Waals surface area contributed by atoms with Gasteiger partial charge in [0.15, 0.2) is 0 Å². The van der Waals surface area contributed by atoms with Gasteiger partial charge in [-0.1, -0.05) is 12.1 Å². The molecule has 0 fully saturated rings. The lowest BCUT2D eigenvalue weighted by Crippen LogP contribution is -2.00. The van der Waals surface area contributed by atoms with Crippen LogP contribution in [0.15, 0.2) is 34.9 Å². The molecule has 0 atom stereocenters. The minimum atomic E-state index is -0.374. The minimum Gasteiger partial charge on any atom is -0.465 e. The summed E-state index contributed by atoms with van der Waals surface area (Å²) in [7, 11) is 1.35. The first-order chi connectivity index (χ1) is 6.33. The molecule has 0 spiro atoms. The molecule has 0 bridgehead atoms. The molecule has 2 aromatic rings. The summed E-state index contributed by atoms with van der Waals surface area (Å²) in [4.78, 5) is 11.2. The fourth-order valence-corrected chi connectivity index (χ4v) is 1.26. The van der Waals surface area contributed by atoms with Crippen molar-refractivity contribution >= 4 is 16.9 Å². The quantitative estimate of drug-likeness (QED) is 0.625. The Bertz CT molecular complexity index is 442. The summed E-state index contributed by atoms with van der Waals surface area (Å²) in [5.41, 5.74) is 1.04. The lowest BCUT2D eigenvalue weighted by molar-refractivity contribution is 0.0602. The van der Waals surface area contributed by atoms with E-state index >= 15 is 0 Å². The van der Waals surface area contributed by atoms with Crippen molar-refractivity contribution in [3.8, 4) is 0 Å². The van der Waals surface area contributed by atoms with Crippen LogP contribution in [-0.2, 0) is 4.74 Å². The maximum Gasteiger partial charge on any atom is 0.341 e. The fourth-order valence-electron chi connectivity index (χ4n) is 1.26. The van der Waals surface area contributed by atoms with Gasteiger partial charge in [0.1, 0.15) is 11.1 Å². The van der Waals surface area contributed by atoms with Crippen LogP contribution in [0.4, 0.5) is 0 Å². The van der Waals surface area contributed by atoms with E-state index in [2.05, 4.69) is 4.74 Å². The summed E-state index contributed by atoms with van der Waals surface area (Å²) in [6, 6.07) is 7.16. The Balaban J connectivity index is 2.67. The van der Waals surface area contributed by atoms with E-state index in [1.807, 2.05) is 12.1 Å². The number of fused-ring (bicyclic) bond motifs is 1. The van der Waals surface area contributed by atoms with Crippen molar-refractivity contribution in [2.24, 2.45) is 0 Å². The normalized spacial score (nSPS) is 10.2. The van der Waals surface area contributed by atoms with Crippen molar-refractivity contribution in [2.75, 3.05) is 7.11 Å². The SMILES string of the molecule is COC(=O)c1cccc2ccoc12. The molecule has 2 rings (SSSR count). The number of methoxy groups -OCH3 is 1. The molecule has 3 nitrogen and oxygen atoms in total. The monoisotopic (exact) mass is 176 g/mol. The number of furan rings is 1. The average Bonchev–Trinajstić information content (AvgIpc) is 2.63. The lowest BCUT2D eigenvalue weighted by atomic mass is 10.1. The molecule has 0 unspecified atom stereocenters. The highest BCUT2D eigenvalue weighted by Crippen LogP contribution is 2.20. The molecule has 0 saturated carbocycles. The summed E-state index contributed by atoms with van der Waals surface area (Å²) in [5, 5.41) is 0.905. The smallest absolute Gasteiger partial charge is 0.341 e. The van der Waals surface area contributed by atoms with Crippen LogP contribution in [-0.4, -0.2) is 13.1 Å². The van der Waals surface area contributed by atoms with Crippen LogP contribution in [0.1, 0.15) is 10.4 Å². The molecule has 0 radical (unpaired) electrons. The number of esters is 1. The van der Waals surface area contributed by atoms with E-state index in [4.69, 9.17) is 4.42 Å². The standard InChI is InChI=1S/C10H8O3/c1-12-10(11)8-4-2-3-7-5-6-13-9(7)8/h2-6H,1H3. The number of rotatable bonds is 1. The third-order valence-electron chi connectivity index (χ3n) is 1.88. The minimum absolute atomic E-state index is 0.374. The summed E-state index contributed by atoms with van der Waals surface area (Å²) in [5.74, 6) is -0.374. The average molecular weight is 176 g/mol. The van der Waals surface area contributed by atoms with Gasteiger partial charge in [0.05, 0.1) is 13.4 Å². The first kappa shape index (κ1) is 7.86. The van der Waals surface area contributed by atoms with Crippen molar-refractivity contribution < 1.29 is 13.9 Å². The van der Waals surface area contributed by atoms with E-state index < -0.39 is 0 Å². The van der Waals surface area contributed by atoms with Crippen LogP contribution in [0.2, 0.25) is 0 Å². The topological polar surface area (TPSA) is 39.4 Å². The third-order valence-corrected chi connectivity index (χ3v) is 1.88. The molecular weight excluding hydrogens is 168 g/mol. The number of hydrogen-bond donors (Lipinski definition) is 0. The van der Waals surface area contributed by atoms with Gasteiger partial charge in [-0.15, -0.1) is 0 Å². The van der Waals surface area contributed by atoms with E-state index in [-0.39, 0.29) is 5.97 Å². The van der Waals surface area contributed by atoms with E-state index in [0.717, 1.165) is 5.39 Å². The van der Waals surface area contributed by atoms with Crippen molar-refractivity contribution in [1.82, 2.24) is 0 Å². The predicted molar refractivity (Wildman–Crippen MR) is 47.6 cm³/mol. The number of carbonyl (C=O) groups is 1. The number of hydrogen-bond acceptors (Lipinski definition) is 3. The highest BCUT2D eigenvalue weighted by Gasteiger charge is 2.11. The molecule has 0 saturated heterocycles. The van der Waals surface area contributed by atoms with E-state index in [1.54, 1.807) is 18.4 Å². The van der Waals surface area contributed by atoms with Gasteiger partial charge in [-0.05, 0) is 12.1 Å². The van der Waals surface area contributed by atoms with Gasteiger partial charge in [0.25, 0.3) is 0 Å². The van der Waals surface area contributed by atoms with Crippen LogP contribution < -0.4 is 0 Å². The van der Waals surface area contributed by atoms with Crippen molar-refractivity contribution in [2.45, 2.75) is 0 Å². The highest BCUT2D eigenvalue weighted by atomic mass is 16.5. The lowest BCUT2D eigenvalue weighted by Gasteiger charge is -1.98. The van der Waals surface area contributed by atoms with Gasteiger partial charge in [-0.2, -0.15) is 0 Å². The first-order valence-electron chi connectivity index (χ1n) is 3.87. The van der Waals surface area contributed by atoms with Gasteiger partial charge in [0, 0.05) is 5.39 Å². The predicted octanol–water partition coefficient (Wildman–Crippen LogP) is 2.22. The van der Waals surface area contributed by atoms with Crippen LogP contribution >= 0.6 is 0 Å². The fraction of sp³-hybridized carbons (Fsp3) is 0.100. The maximum atomic E-state index is 11.2. The highest BCUT2D eigenvalue weighted by molar-refractivity contribution is 6.01. The second-order valence-electron chi connectivity index (χ2n) is 2.64. The second kappa shape index (κ2) is 2.94. The van der Waals surface area contributed by atoms with Crippen LogP contribution in [0.3, 0.4) is 0 Å². The molecule has 1 aromatic heterocycles. The molecule has 66 valence electrons. The summed E-state index contributed by atoms with van der Waals surface area (Å²) in [6.45, 7) is 0. The van der Waals surface area contributed by atoms with Gasteiger partial charge in [-0.25, -0.2) is 4.79 Å². The summed E-state index contributed by atoms with van der Waals surface area (Å²) < 4.78 is 9.79. The first-order valence-corrected chi connectivity index (χ1v) is 3.87. The van der Waals surface area contributed by atoms with Crippen LogP contribution in [0, 0.1) is 0 Å². The Labute approximate surface area is 74.9 Å². The molecule has 3 heteroatoms. The molecule has 0 N–H and O–H groups in total. The number of ether oxygens (including phenoxy) is 1. The van der Waals surface area contributed by atoms with E-state index in [1.165, 1.54) is 7.11 Å². The Kier molecular flexibility index (Phi) is 1.77. The Morgan fingerprint density at radius 3 is 3.00 bits per heavy atom. The summed E-state index contributed by atoms with van der Waals surface area (Å²) >= 11 is 0. The van der Waals surface area contributed by atoms with Crippen molar-refractivity contribution in [3.05, 3.63) is 36.1 Å². The van der Waals surface area contributed by atoms with E-state index in [0.29, 0.717) is 11.1 Å². The summed E-state index contributed by atoms with van der Waals surface area (Å²) in [6.07, 6.45) is 1.55. The van der Waals surface area contributed by atoms with Crippen molar-refractivity contribution in [3.63, 3.8) is 0 Å². The van der Waals surface area contributed by atoms with Gasteiger partial charge in [0.2, 0.25) is 0 Å². The molecule has 0 aliphatic heterocycles. The molecular formula is C10H8O3. The second-order valence-corrected chi connectivity index (χ2v) is 2.64. The molecule has 1 heterocycles. The van der Waals surface area contributed by atoms with Gasteiger partial charge in [-0.3, -0.25) is 0 Å². The molecule has 0 amide bonds. The Hall–Kier alpha value is -1.77. The van der Waals surface area contributed by atoms with Crippen LogP contribution in [0.25, 0.3) is 11.0 Å². The van der Waals surface area contributed by atoms with Gasteiger partial charge >= 0.3 is 5.97 Å². The Morgan fingerprint density at radius 2 is 2.23 bits per heavy atom. The number of carbonyl (C=O) groups excluding carboxylic acids is 1. The third kappa shape index (κ3) is 1.18. The van der Waals surface area contributed by atoms with Crippen LogP contribution in [0.5, 0.6) is 0 Å². The number of benzene rings is 1. The molecule has 0 aliphatic carbocycles. The Morgan fingerprint density at radius 1 is 1.38 bits per heavy atom. The molecule has 0 aliphatic rings. The zero-order chi connectivity index (χ0) is 9.26. The largest absolute Gasteiger partial charge is 0.465 e. The zero-order valence-corrected chi connectivity index (χ0v) is 7.11. The van der Waals surface area contributed by atoms with E-state index in [9.17, 15) is 4.79 Å². The molecule has 1 aromatic carbocycles. The molecule has 13 heavy (non-hydrogen) atoms. The zero-order valence-electron chi connectivity index (χ0n) is 7.11.